The lowest BCUT2D eigenvalue weighted by atomic mass is 9.93. The summed E-state index contributed by atoms with van der Waals surface area (Å²) in [5, 5.41) is 7.30. The van der Waals surface area contributed by atoms with Gasteiger partial charge in [0, 0.05) is 18.5 Å². The Kier molecular flexibility index (Phi) is 3.46. The van der Waals surface area contributed by atoms with E-state index in [-0.39, 0.29) is 0 Å². The van der Waals surface area contributed by atoms with Crippen molar-refractivity contribution in [2.75, 3.05) is 13.1 Å². The molecule has 0 aromatic carbocycles. The van der Waals surface area contributed by atoms with Crippen molar-refractivity contribution in [3.63, 3.8) is 0 Å². The van der Waals surface area contributed by atoms with Gasteiger partial charge < -0.3 is 0 Å². The van der Waals surface area contributed by atoms with Crippen molar-refractivity contribution in [2.45, 2.75) is 51.0 Å². The van der Waals surface area contributed by atoms with Crippen molar-refractivity contribution in [3.05, 3.63) is 23.8 Å². The van der Waals surface area contributed by atoms with E-state index in [1.807, 2.05) is 6.92 Å². The number of H-pyrrole nitrogens is 1. The maximum absolute atomic E-state index is 4.50. The zero-order valence-corrected chi connectivity index (χ0v) is 11.1. The molecule has 1 saturated heterocycles. The summed E-state index contributed by atoms with van der Waals surface area (Å²) in [5.41, 5.74) is 0. The molecule has 2 heterocycles. The molecule has 1 N–H and O–H groups in total. The molecule has 0 saturated carbocycles. The average Bonchev–Trinajstić information content (AvgIpc) is 2.87. The molecule has 1 aromatic rings. The van der Waals surface area contributed by atoms with Gasteiger partial charge in [0.15, 0.2) is 5.82 Å². The van der Waals surface area contributed by atoms with Gasteiger partial charge in [-0.25, -0.2) is 4.98 Å². The lowest BCUT2D eigenvalue weighted by molar-refractivity contribution is 0.160. The second-order valence-electron chi connectivity index (χ2n) is 5.54. The lowest BCUT2D eigenvalue weighted by Crippen LogP contribution is -2.41. The molecule has 4 nitrogen and oxygen atoms in total. The van der Waals surface area contributed by atoms with Crippen molar-refractivity contribution >= 4 is 0 Å². The molecule has 2 aliphatic rings. The Hall–Kier alpha value is -1.16. The molecule has 0 spiro atoms. The van der Waals surface area contributed by atoms with Crippen molar-refractivity contribution in [1.82, 2.24) is 20.1 Å². The van der Waals surface area contributed by atoms with E-state index < -0.39 is 0 Å². The monoisotopic (exact) mass is 246 g/mol. The van der Waals surface area contributed by atoms with Gasteiger partial charge in [0.1, 0.15) is 5.82 Å². The molecule has 1 fully saturated rings. The number of likely N-dealkylation sites (tertiary alicyclic amines) is 1. The number of allylic oxidation sites excluding steroid dienone is 1. The number of aryl methyl sites for hydroxylation is 1. The predicted octanol–water partition coefficient (Wildman–Crippen LogP) is 2.40. The zero-order valence-electron chi connectivity index (χ0n) is 11.1. The first-order valence-electron chi connectivity index (χ1n) is 7.12. The van der Waals surface area contributed by atoms with E-state index >= 15 is 0 Å². The van der Waals surface area contributed by atoms with Crippen LogP contribution in [0.15, 0.2) is 12.2 Å². The van der Waals surface area contributed by atoms with Gasteiger partial charge in [-0.2, -0.15) is 5.10 Å². The van der Waals surface area contributed by atoms with Gasteiger partial charge >= 0.3 is 0 Å². The summed E-state index contributed by atoms with van der Waals surface area (Å²) in [6.07, 6.45) is 11.1. The van der Waals surface area contributed by atoms with Crippen LogP contribution < -0.4 is 0 Å². The number of aromatic amines is 1. The quantitative estimate of drug-likeness (QED) is 0.815. The number of piperidine rings is 1. The van der Waals surface area contributed by atoms with Gasteiger partial charge in [0.2, 0.25) is 0 Å². The van der Waals surface area contributed by atoms with Crippen LogP contribution in [0.4, 0.5) is 0 Å². The fourth-order valence-corrected chi connectivity index (χ4v) is 3.16. The van der Waals surface area contributed by atoms with Gasteiger partial charge in [0.25, 0.3) is 0 Å². The molecule has 0 bridgehead atoms. The van der Waals surface area contributed by atoms with Crippen LogP contribution in [0.5, 0.6) is 0 Å². The third-order valence-corrected chi connectivity index (χ3v) is 4.13. The predicted molar refractivity (Wildman–Crippen MR) is 71.4 cm³/mol. The third kappa shape index (κ3) is 2.48. The van der Waals surface area contributed by atoms with E-state index in [1.54, 1.807) is 0 Å². The van der Waals surface area contributed by atoms with Crippen LogP contribution in [-0.4, -0.2) is 39.2 Å². The smallest absolute Gasteiger partial charge is 0.155 e. The maximum Gasteiger partial charge on any atom is 0.155 e. The van der Waals surface area contributed by atoms with E-state index in [9.17, 15) is 0 Å². The molecule has 2 unspecified atom stereocenters. The van der Waals surface area contributed by atoms with Crippen LogP contribution in [0.25, 0.3) is 0 Å². The molecule has 1 aromatic heterocycles. The molecule has 18 heavy (non-hydrogen) atoms. The second kappa shape index (κ2) is 5.22. The fourth-order valence-electron chi connectivity index (χ4n) is 3.16. The second-order valence-corrected chi connectivity index (χ2v) is 5.54. The summed E-state index contributed by atoms with van der Waals surface area (Å²) >= 11 is 0. The van der Waals surface area contributed by atoms with Crippen molar-refractivity contribution in [2.24, 2.45) is 0 Å². The topological polar surface area (TPSA) is 44.8 Å². The molecule has 2 atom stereocenters. The van der Waals surface area contributed by atoms with Crippen molar-refractivity contribution < 1.29 is 0 Å². The summed E-state index contributed by atoms with van der Waals surface area (Å²) in [6, 6.07) is 0.654. The highest BCUT2D eigenvalue weighted by atomic mass is 15.2. The molecule has 1 aliphatic heterocycles. The van der Waals surface area contributed by atoms with Crippen LogP contribution in [0.3, 0.4) is 0 Å². The van der Waals surface area contributed by atoms with Crippen LogP contribution >= 0.6 is 0 Å². The number of aromatic nitrogens is 3. The third-order valence-electron chi connectivity index (χ3n) is 4.13. The van der Waals surface area contributed by atoms with Gasteiger partial charge in [-0.05, 0) is 45.6 Å². The minimum absolute atomic E-state index is 0.513. The highest BCUT2D eigenvalue weighted by molar-refractivity contribution is 5.04. The Morgan fingerprint density at radius 3 is 3.00 bits per heavy atom. The number of nitrogens with zero attached hydrogens (tertiary/aromatic N) is 3. The van der Waals surface area contributed by atoms with Gasteiger partial charge in [0.05, 0.1) is 0 Å². The van der Waals surface area contributed by atoms with Crippen LogP contribution in [0, 0.1) is 6.92 Å². The number of hydrogen-bond donors (Lipinski definition) is 1. The average molecular weight is 246 g/mol. The van der Waals surface area contributed by atoms with Gasteiger partial charge in [-0.1, -0.05) is 12.2 Å². The minimum Gasteiger partial charge on any atom is -0.296 e. The standard InChI is InChI=1S/C14H22N4/c1-11-15-14(17-16-11)12-6-5-9-18(10-12)13-7-3-2-4-8-13/h3,7,12-13H,2,4-6,8-10H2,1H3,(H,15,16,17). The first kappa shape index (κ1) is 11.9. The van der Waals surface area contributed by atoms with Crippen molar-refractivity contribution in [1.29, 1.82) is 0 Å². The van der Waals surface area contributed by atoms with Crippen LogP contribution in [0.2, 0.25) is 0 Å². The first-order chi connectivity index (χ1) is 8.83. The Morgan fingerprint density at radius 1 is 1.33 bits per heavy atom. The lowest BCUT2D eigenvalue weighted by Gasteiger charge is -2.37. The van der Waals surface area contributed by atoms with Crippen molar-refractivity contribution in [3.8, 4) is 0 Å². The summed E-state index contributed by atoms with van der Waals surface area (Å²) in [6.45, 7) is 4.32. The number of nitrogens with one attached hydrogen (secondary N) is 1. The fraction of sp³-hybridized carbons (Fsp3) is 0.714. The molecular weight excluding hydrogens is 224 g/mol. The molecule has 0 amide bonds. The Labute approximate surface area is 108 Å². The molecular formula is C14H22N4. The highest BCUT2D eigenvalue weighted by Gasteiger charge is 2.27. The molecule has 98 valence electrons. The van der Waals surface area contributed by atoms with E-state index in [0.717, 1.165) is 18.2 Å². The maximum atomic E-state index is 4.50. The summed E-state index contributed by atoms with van der Waals surface area (Å²) < 4.78 is 0. The van der Waals surface area contributed by atoms with Crippen LogP contribution in [0.1, 0.15) is 49.7 Å². The van der Waals surface area contributed by atoms with E-state index in [2.05, 4.69) is 32.2 Å². The molecule has 3 rings (SSSR count). The number of hydrogen-bond acceptors (Lipinski definition) is 3. The summed E-state index contributed by atoms with van der Waals surface area (Å²) in [4.78, 5) is 7.12. The normalized spacial score (nSPS) is 29.6. The SMILES string of the molecule is Cc1nc(C2CCCN(C3C=CCCC3)C2)n[nH]1. The molecule has 1 aliphatic carbocycles. The summed E-state index contributed by atoms with van der Waals surface area (Å²) in [5.74, 6) is 2.45. The Morgan fingerprint density at radius 2 is 2.28 bits per heavy atom. The Bertz CT molecular complexity index is 423. The van der Waals surface area contributed by atoms with Crippen LogP contribution in [-0.2, 0) is 0 Å². The highest BCUT2D eigenvalue weighted by Crippen LogP contribution is 2.28. The largest absolute Gasteiger partial charge is 0.296 e. The summed E-state index contributed by atoms with van der Waals surface area (Å²) in [7, 11) is 0. The van der Waals surface area contributed by atoms with E-state index in [4.69, 9.17) is 0 Å². The first-order valence-corrected chi connectivity index (χ1v) is 7.12. The minimum atomic E-state index is 0.513. The Balaban J connectivity index is 1.68. The molecule has 4 heteroatoms. The zero-order chi connectivity index (χ0) is 12.4. The van der Waals surface area contributed by atoms with E-state index in [1.165, 1.54) is 38.6 Å². The van der Waals surface area contributed by atoms with E-state index in [0.29, 0.717) is 12.0 Å². The van der Waals surface area contributed by atoms with Gasteiger partial charge in [-0.15, -0.1) is 0 Å². The van der Waals surface area contributed by atoms with Gasteiger partial charge in [-0.3, -0.25) is 10.00 Å². The molecule has 0 radical (unpaired) electrons. The number of rotatable bonds is 2.